The molecule has 7 nitrogen and oxygen atoms in total. The van der Waals surface area contributed by atoms with Gasteiger partial charge in [0.05, 0.1) is 19.1 Å². The van der Waals surface area contributed by atoms with E-state index < -0.39 is 0 Å². The number of ether oxygens (including phenoxy) is 1. The van der Waals surface area contributed by atoms with Gasteiger partial charge in [-0.25, -0.2) is 0 Å². The topological polar surface area (TPSA) is 72.3 Å². The van der Waals surface area contributed by atoms with E-state index in [1.807, 2.05) is 0 Å². The van der Waals surface area contributed by atoms with Crippen LogP contribution in [0.5, 0.6) is 0 Å². The second kappa shape index (κ2) is 8.48. The van der Waals surface area contributed by atoms with Crippen molar-refractivity contribution in [1.29, 1.82) is 0 Å². The molecule has 26 heavy (non-hydrogen) atoms. The fraction of sp³-hybridized carbons (Fsp3) is 0.842. The standard InChI is InChI=1S/C19H31N5O2/c25-19(16-7-11-26-14-16)20-12-18-22-21-17-6-8-23(9-10-24(17)18)13-15-4-2-1-3-5-15/h15-16H,1-14H2,(H,20,25). The highest BCUT2D eigenvalue weighted by atomic mass is 16.5. The van der Waals surface area contributed by atoms with Crippen molar-refractivity contribution < 1.29 is 9.53 Å². The number of amides is 1. The van der Waals surface area contributed by atoms with Gasteiger partial charge in [0, 0.05) is 39.2 Å². The van der Waals surface area contributed by atoms with Gasteiger partial charge in [-0.05, 0) is 25.2 Å². The molecule has 1 N–H and O–H groups in total. The maximum Gasteiger partial charge on any atom is 0.225 e. The molecule has 0 bridgehead atoms. The van der Waals surface area contributed by atoms with Crippen LogP contribution in [0.1, 0.15) is 50.2 Å². The van der Waals surface area contributed by atoms with Crippen LogP contribution < -0.4 is 5.32 Å². The van der Waals surface area contributed by atoms with Crippen molar-refractivity contribution in [3.63, 3.8) is 0 Å². The van der Waals surface area contributed by atoms with Crippen molar-refractivity contribution in [3.05, 3.63) is 11.6 Å². The molecule has 0 aromatic carbocycles. The van der Waals surface area contributed by atoms with Crippen molar-refractivity contribution in [3.8, 4) is 0 Å². The third kappa shape index (κ3) is 4.26. The Morgan fingerprint density at radius 3 is 2.81 bits per heavy atom. The summed E-state index contributed by atoms with van der Waals surface area (Å²) in [4.78, 5) is 14.8. The summed E-state index contributed by atoms with van der Waals surface area (Å²) < 4.78 is 7.51. The van der Waals surface area contributed by atoms with Gasteiger partial charge >= 0.3 is 0 Å². The maximum absolute atomic E-state index is 12.2. The first kappa shape index (κ1) is 17.9. The van der Waals surface area contributed by atoms with Gasteiger partial charge in [0.15, 0.2) is 5.82 Å². The first-order valence-electron chi connectivity index (χ1n) is 10.3. The van der Waals surface area contributed by atoms with E-state index in [2.05, 4.69) is 25.0 Å². The molecule has 144 valence electrons. The second-order valence-corrected chi connectivity index (χ2v) is 8.02. The molecule has 1 aromatic heterocycles. The lowest BCUT2D eigenvalue weighted by molar-refractivity contribution is -0.125. The molecule has 0 spiro atoms. The zero-order valence-corrected chi connectivity index (χ0v) is 15.7. The molecule has 0 radical (unpaired) electrons. The zero-order chi connectivity index (χ0) is 17.8. The van der Waals surface area contributed by atoms with Gasteiger partial charge < -0.3 is 19.5 Å². The summed E-state index contributed by atoms with van der Waals surface area (Å²) in [5.41, 5.74) is 0. The predicted molar refractivity (Wildman–Crippen MR) is 97.5 cm³/mol. The van der Waals surface area contributed by atoms with Crippen LogP contribution in [0.3, 0.4) is 0 Å². The molecule has 1 saturated carbocycles. The molecule has 1 unspecified atom stereocenters. The Balaban J connectivity index is 1.30. The lowest BCUT2D eigenvalue weighted by atomic mass is 9.89. The summed E-state index contributed by atoms with van der Waals surface area (Å²) in [5.74, 6) is 2.89. The Morgan fingerprint density at radius 2 is 2.00 bits per heavy atom. The Morgan fingerprint density at radius 1 is 1.12 bits per heavy atom. The fourth-order valence-corrected chi connectivity index (χ4v) is 4.53. The van der Waals surface area contributed by atoms with E-state index >= 15 is 0 Å². The minimum atomic E-state index is -0.00693. The summed E-state index contributed by atoms with van der Waals surface area (Å²) in [6.07, 6.45) is 8.78. The van der Waals surface area contributed by atoms with Gasteiger partial charge in [0.2, 0.25) is 5.91 Å². The predicted octanol–water partition coefficient (Wildman–Crippen LogP) is 1.37. The summed E-state index contributed by atoms with van der Waals surface area (Å²) in [5, 5.41) is 11.7. The van der Waals surface area contributed by atoms with E-state index in [0.717, 1.165) is 50.0 Å². The quantitative estimate of drug-likeness (QED) is 0.858. The van der Waals surface area contributed by atoms with Crippen LogP contribution in [0.15, 0.2) is 0 Å². The Hall–Kier alpha value is -1.47. The number of nitrogens with zero attached hydrogens (tertiary/aromatic N) is 4. The average molecular weight is 361 g/mol. The van der Waals surface area contributed by atoms with Crippen LogP contribution in [-0.4, -0.2) is 58.4 Å². The number of carbonyl (C=O) groups is 1. The summed E-state index contributed by atoms with van der Waals surface area (Å²) in [7, 11) is 0. The molecular formula is C19H31N5O2. The number of carbonyl (C=O) groups excluding carboxylic acids is 1. The van der Waals surface area contributed by atoms with E-state index in [1.54, 1.807) is 0 Å². The van der Waals surface area contributed by atoms with Crippen molar-refractivity contribution in [2.45, 2.75) is 58.0 Å². The van der Waals surface area contributed by atoms with E-state index in [9.17, 15) is 4.79 Å². The Bertz CT molecular complexity index is 605. The highest BCUT2D eigenvalue weighted by molar-refractivity contribution is 5.78. The Kier molecular flexibility index (Phi) is 5.84. The molecule has 2 aliphatic heterocycles. The lowest BCUT2D eigenvalue weighted by Crippen LogP contribution is -2.33. The lowest BCUT2D eigenvalue weighted by Gasteiger charge is -2.28. The van der Waals surface area contributed by atoms with Crippen LogP contribution in [0, 0.1) is 11.8 Å². The zero-order valence-electron chi connectivity index (χ0n) is 15.7. The van der Waals surface area contributed by atoms with E-state index in [0.29, 0.717) is 19.8 Å². The van der Waals surface area contributed by atoms with Crippen LogP contribution in [0.4, 0.5) is 0 Å². The smallest absolute Gasteiger partial charge is 0.225 e. The number of rotatable bonds is 5. The molecular weight excluding hydrogens is 330 g/mol. The van der Waals surface area contributed by atoms with Crippen LogP contribution in [-0.2, 0) is 29.0 Å². The second-order valence-electron chi connectivity index (χ2n) is 8.02. The van der Waals surface area contributed by atoms with Crippen molar-refractivity contribution in [2.24, 2.45) is 11.8 Å². The summed E-state index contributed by atoms with van der Waals surface area (Å²) in [6.45, 7) is 5.97. The fourth-order valence-electron chi connectivity index (χ4n) is 4.53. The normalized spacial score (nSPS) is 25.0. The number of hydrogen-bond acceptors (Lipinski definition) is 5. The van der Waals surface area contributed by atoms with Crippen LogP contribution in [0.25, 0.3) is 0 Å². The maximum atomic E-state index is 12.2. The monoisotopic (exact) mass is 361 g/mol. The van der Waals surface area contributed by atoms with Gasteiger partial charge in [0.25, 0.3) is 0 Å². The molecule has 7 heteroatoms. The van der Waals surface area contributed by atoms with Gasteiger partial charge in [-0.2, -0.15) is 0 Å². The minimum absolute atomic E-state index is 0.00693. The van der Waals surface area contributed by atoms with E-state index in [1.165, 1.54) is 38.6 Å². The first-order valence-corrected chi connectivity index (χ1v) is 10.3. The number of fused-ring (bicyclic) bond motifs is 1. The molecule has 3 aliphatic rings. The molecule has 1 aromatic rings. The first-order chi connectivity index (χ1) is 12.8. The summed E-state index contributed by atoms with van der Waals surface area (Å²) >= 11 is 0. The average Bonchev–Trinajstić information content (AvgIpc) is 3.29. The molecule has 1 saturated heterocycles. The van der Waals surface area contributed by atoms with Crippen molar-refractivity contribution in [1.82, 2.24) is 25.0 Å². The third-order valence-electron chi connectivity index (χ3n) is 6.16. The van der Waals surface area contributed by atoms with E-state index in [-0.39, 0.29) is 11.8 Å². The highest BCUT2D eigenvalue weighted by Crippen LogP contribution is 2.25. The van der Waals surface area contributed by atoms with Crippen molar-refractivity contribution in [2.75, 3.05) is 32.8 Å². The molecule has 1 atom stereocenters. The molecule has 3 heterocycles. The molecule has 4 rings (SSSR count). The van der Waals surface area contributed by atoms with Crippen molar-refractivity contribution >= 4 is 5.91 Å². The van der Waals surface area contributed by atoms with Gasteiger partial charge in [-0.15, -0.1) is 10.2 Å². The SMILES string of the molecule is O=C(NCc1nnc2n1CCN(CC1CCCCC1)CC2)C1CCOC1. The summed E-state index contributed by atoms with van der Waals surface area (Å²) in [6, 6.07) is 0. The number of hydrogen-bond donors (Lipinski definition) is 1. The largest absolute Gasteiger partial charge is 0.381 e. The highest BCUT2D eigenvalue weighted by Gasteiger charge is 2.25. The van der Waals surface area contributed by atoms with Gasteiger partial charge in [-0.1, -0.05) is 19.3 Å². The van der Waals surface area contributed by atoms with Gasteiger partial charge in [-0.3, -0.25) is 4.79 Å². The third-order valence-corrected chi connectivity index (χ3v) is 6.16. The Labute approximate surface area is 155 Å². The minimum Gasteiger partial charge on any atom is -0.381 e. The number of nitrogens with one attached hydrogen (secondary N) is 1. The molecule has 1 amide bonds. The van der Waals surface area contributed by atoms with E-state index in [4.69, 9.17) is 4.74 Å². The molecule has 2 fully saturated rings. The number of aromatic nitrogens is 3. The van der Waals surface area contributed by atoms with Crippen LogP contribution >= 0.6 is 0 Å². The van der Waals surface area contributed by atoms with Gasteiger partial charge in [0.1, 0.15) is 5.82 Å². The van der Waals surface area contributed by atoms with Crippen LogP contribution in [0.2, 0.25) is 0 Å². The molecule has 1 aliphatic carbocycles.